The summed E-state index contributed by atoms with van der Waals surface area (Å²) in [5, 5.41) is 3.18. The molecule has 0 aromatic heterocycles. The van der Waals surface area contributed by atoms with Gasteiger partial charge in [0.1, 0.15) is 0 Å². The average Bonchev–Trinajstić information content (AvgIpc) is 2.72. The molecule has 0 aliphatic carbocycles. The van der Waals surface area contributed by atoms with Crippen LogP contribution in [0.5, 0.6) is 0 Å². The Bertz CT molecular complexity index is 619. The van der Waals surface area contributed by atoms with Gasteiger partial charge in [-0.2, -0.15) is 0 Å². The second-order valence-electron chi connectivity index (χ2n) is 5.49. The van der Waals surface area contributed by atoms with Crippen LogP contribution >= 0.6 is 0 Å². The fourth-order valence-corrected chi connectivity index (χ4v) is 2.18. The maximum atomic E-state index is 12.0. The second-order valence-corrected chi connectivity index (χ2v) is 5.49. The quantitative estimate of drug-likeness (QED) is 0.801. The molecule has 1 heterocycles. The summed E-state index contributed by atoms with van der Waals surface area (Å²) in [6, 6.07) is 6.29. The summed E-state index contributed by atoms with van der Waals surface area (Å²) in [6.45, 7) is 3.68. The van der Waals surface area contributed by atoms with Gasteiger partial charge in [-0.3, -0.25) is 14.4 Å². The third-order valence-electron chi connectivity index (χ3n) is 3.18. The van der Waals surface area contributed by atoms with Crippen LogP contribution < -0.4 is 5.32 Å². The normalized spacial score (nSPS) is 13.3. The van der Waals surface area contributed by atoms with E-state index in [0.29, 0.717) is 5.06 Å². The van der Waals surface area contributed by atoms with Crippen molar-refractivity contribution in [2.45, 2.75) is 39.2 Å². The van der Waals surface area contributed by atoms with E-state index < -0.39 is 17.8 Å². The van der Waals surface area contributed by atoms with E-state index in [1.165, 1.54) is 12.1 Å². The van der Waals surface area contributed by atoms with Crippen molar-refractivity contribution in [1.82, 2.24) is 10.4 Å². The summed E-state index contributed by atoms with van der Waals surface area (Å²) >= 11 is 0. The van der Waals surface area contributed by atoms with Crippen LogP contribution in [0.1, 0.15) is 53.8 Å². The number of carbonyl (C=O) groups is 4. The molecule has 0 saturated heterocycles. The molecular weight excluding hydrogens is 300 g/mol. The van der Waals surface area contributed by atoms with Gasteiger partial charge in [-0.25, -0.2) is 4.79 Å². The molecule has 0 unspecified atom stereocenters. The molecule has 1 aromatic rings. The van der Waals surface area contributed by atoms with Gasteiger partial charge in [-0.05, 0) is 32.4 Å². The molecule has 1 aliphatic rings. The first-order valence-electron chi connectivity index (χ1n) is 7.38. The van der Waals surface area contributed by atoms with Crippen LogP contribution in [0.2, 0.25) is 0 Å². The third-order valence-corrected chi connectivity index (χ3v) is 3.18. The van der Waals surface area contributed by atoms with Gasteiger partial charge < -0.3 is 10.2 Å². The number of carbonyl (C=O) groups excluding carboxylic acids is 4. The first-order valence-corrected chi connectivity index (χ1v) is 7.38. The molecule has 0 radical (unpaired) electrons. The van der Waals surface area contributed by atoms with E-state index in [4.69, 9.17) is 4.84 Å². The van der Waals surface area contributed by atoms with Crippen molar-refractivity contribution in [2.75, 3.05) is 0 Å². The van der Waals surface area contributed by atoms with Crippen LogP contribution in [0.3, 0.4) is 0 Å². The zero-order valence-electron chi connectivity index (χ0n) is 13.0. The number of nitrogens with one attached hydrogen (secondary N) is 1. The van der Waals surface area contributed by atoms with E-state index >= 15 is 0 Å². The lowest BCUT2D eigenvalue weighted by Crippen LogP contribution is -2.33. The molecule has 3 amide bonds. The summed E-state index contributed by atoms with van der Waals surface area (Å²) in [4.78, 5) is 52.1. The summed E-state index contributed by atoms with van der Waals surface area (Å²) in [7, 11) is 0. The third kappa shape index (κ3) is 3.94. The van der Waals surface area contributed by atoms with E-state index in [1.54, 1.807) is 12.1 Å². The number of imide groups is 1. The van der Waals surface area contributed by atoms with E-state index in [0.717, 1.165) is 0 Å². The van der Waals surface area contributed by atoms with Gasteiger partial charge in [0.05, 0.1) is 11.1 Å². The molecule has 2 rings (SSSR count). The van der Waals surface area contributed by atoms with E-state index in [1.807, 2.05) is 13.8 Å². The number of fused-ring (bicyclic) bond motifs is 1. The van der Waals surface area contributed by atoms with Crippen molar-refractivity contribution < 1.29 is 24.0 Å². The largest absolute Gasteiger partial charge is 0.354 e. The Kier molecular flexibility index (Phi) is 5.10. The second kappa shape index (κ2) is 7.04. The molecule has 1 N–H and O–H groups in total. The number of hydrogen-bond donors (Lipinski definition) is 1. The zero-order chi connectivity index (χ0) is 17.0. The van der Waals surface area contributed by atoms with E-state index in [-0.39, 0.29) is 42.3 Å². The molecule has 1 aromatic carbocycles. The number of amides is 3. The number of benzene rings is 1. The van der Waals surface area contributed by atoms with Crippen LogP contribution in [0, 0.1) is 0 Å². The zero-order valence-corrected chi connectivity index (χ0v) is 13.0. The molecule has 7 heteroatoms. The Morgan fingerprint density at radius 2 is 1.65 bits per heavy atom. The van der Waals surface area contributed by atoms with Gasteiger partial charge in [-0.15, -0.1) is 0 Å². The Hall–Kier alpha value is -2.70. The predicted octanol–water partition coefficient (Wildman–Crippen LogP) is 1.44. The van der Waals surface area contributed by atoms with Gasteiger partial charge in [0.25, 0.3) is 11.8 Å². The Labute approximate surface area is 133 Å². The first-order chi connectivity index (χ1) is 10.9. The number of rotatable bonds is 6. The van der Waals surface area contributed by atoms with Crippen molar-refractivity contribution in [2.24, 2.45) is 0 Å². The van der Waals surface area contributed by atoms with Gasteiger partial charge in [0.2, 0.25) is 5.91 Å². The minimum Gasteiger partial charge on any atom is -0.354 e. The number of nitrogens with zero attached hydrogens (tertiary/aromatic N) is 1. The van der Waals surface area contributed by atoms with Crippen LogP contribution in [0.15, 0.2) is 24.3 Å². The van der Waals surface area contributed by atoms with Gasteiger partial charge in [-0.1, -0.05) is 17.2 Å². The molecule has 0 atom stereocenters. The van der Waals surface area contributed by atoms with Crippen molar-refractivity contribution in [3.05, 3.63) is 35.4 Å². The highest BCUT2D eigenvalue weighted by molar-refractivity contribution is 6.20. The van der Waals surface area contributed by atoms with Crippen molar-refractivity contribution in [3.63, 3.8) is 0 Å². The average molecular weight is 318 g/mol. The van der Waals surface area contributed by atoms with Crippen LogP contribution in [0.25, 0.3) is 0 Å². The molecule has 0 fully saturated rings. The monoisotopic (exact) mass is 318 g/mol. The van der Waals surface area contributed by atoms with E-state index in [9.17, 15) is 19.2 Å². The molecule has 0 spiro atoms. The van der Waals surface area contributed by atoms with E-state index in [2.05, 4.69) is 5.32 Å². The molecule has 7 nitrogen and oxygen atoms in total. The van der Waals surface area contributed by atoms with Gasteiger partial charge in [0.15, 0.2) is 0 Å². The lowest BCUT2D eigenvalue weighted by Gasteiger charge is -2.12. The first kappa shape index (κ1) is 16.7. The lowest BCUT2D eigenvalue weighted by molar-refractivity contribution is -0.168. The van der Waals surface area contributed by atoms with Crippen molar-refractivity contribution >= 4 is 23.7 Å². The Morgan fingerprint density at radius 1 is 1.09 bits per heavy atom. The smallest absolute Gasteiger partial charge is 0.333 e. The number of hydroxylamine groups is 2. The maximum Gasteiger partial charge on any atom is 0.333 e. The standard InChI is InChI=1S/C16H18N2O5/c1-10(2)17-13(19)8-5-9-14(20)23-18-15(21)11-6-3-4-7-12(11)16(18)22/h3-4,6-7,10H,5,8-9H2,1-2H3,(H,17,19). The SMILES string of the molecule is CC(C)NC(=O)CCCC(=O)ON1C(=O)c2ccccc2C1=O. The highest BCUT2D eigenvalue weighted by atomic mass is 16.7. The van der Waals surface area contributed by atoms with Crippen LogP contribution in [-0.4, -0.2) is 34.8 Å². The van der Waals surface area contributed by atoms with Crippen LogP contribution in [-0.2, 0) is 14.4 Å². The number of hydrogen-bond acceptors (Lipinski definition) is 5. The molecule has 0 bridgehead atoms. The molecule has 122 valence electrons. The highest BCUT2D eigenvalue weighted by Crippen LogP contribution is 2.22. The van der Waals surface area contributed by atoms with Gasteiger partial charge >= 0.3 is 5.97 Å². The predicted molar refractivity (Wildman–Crippen MR) is 80.2 cm³/mol. The van der Waals surface area contributed by atoms with Crippen molar-refractivity contribution in [3.8, 4) is 0 Å². The van der Waals surface area contributed by atoms with Crippen molar-refractivity contribution in [1.29, 1.82) is 0 Å². The van der Waals surface area contributed by atoms with Crippen LogP contribution in [0.4, 0.5) is 0 Å². The minimum absolute atomic E-state index is 0.0350. The summed E-state index contributed by atoms with van der Waals surface area (Å²) in [5.74, 6) is -2.20. The minimum atomic E-state index is -0.725. The molecule has 1 aliphatic heterocycles. The highest BCUT2D eigenvalue weighted by Gasteiger charge is 2.38. The fourth-order valence-electron chi connectivity index (χ4n) is 2.18. The summed E-state index contributed by atoms with van der Waals surface area (Å²) in [6.07, 6.45) is 0.398. The lowest BCUT2D eigenvalue weighted by atomic mass is 10.1. The fraction of sp³-hybridized carbons (Fsp3) is 0.375. The molecular formula is C16H18N2O5. The van der Waals surface area contributed by atoms with Gasteiger partial charge in [0, 0.05) is 18.9 Å². The Morgan fingerprint density at radius 3 is 2.17 bits per heavy atom. The maximum absolute atomic E-state index is 12.0. The summed E-state index contributed by atoms with van der Waals surface area (Å²) in [5.41, 5.74) is 0.420. The summed E-state index contributed by atoms with van der Waals surface area (Å²) < 4.78 is 0. The Balaban J connectivity index is 1.84. The molecule has 0 saturated carbocycles. The topological polar surface area (TPSA) is 92.8 Å². The molecule has 23 heavy (non-hydrogen) atoms.